The fraction of sp³-hybridized carbons (Fsp3) is 0.632. The lowest BCUT2D eigenvalue weighted by molar-refractivity contribution is -0.121. The number of ether oxygens (including phenoxy) is 1. The van der Waals surface area contributed by atoms with E-state index in [2.05, 4.69) is 45.9 Å². The number of hydrogen-bond acceptors (Lipinski definition) is 4. The molecule has 2 fully saturated rings. The molecule has 1 amide bonds. The molecule has 1 aromatic carbocycles. The smallest absolute Gasteiger partial charge is 0.234 e. The molecule has 3 rings (SSSR count). The van der Waals surface area contributed by atoms with E-state index in [0.717, 1.165) is 19.4 Å². The van der Waals surface area contributed by atoms with Gasteiger partial charge in [0.15, 0.2) is 0 Å². The number of nitrogens with one attached hydrogen (secondary N) is 2. The van der Waals surface area contributed by atoms with Crippen molar-refractivity contribution in [3.8, 4) is 0 Å². The Balaban J connectivity index is 0.00000169. The summed E-state index contributed by atoms with van der Waals surface area (Å²) in [6.07, 6.45) is 4.67. The third kappa shape index (κ3) is 6.39. The Hall–Kier alpha value is -0.850. The van der Waals surface area contributed by atoms with Gasteiger partial charge in [0.25, 0.3) is 0 Å². The zero-order valence-electron chi connectivity index (χ0n) is 15.4. The monoisotopic (exact) mass is 403 g/mol. The van der Waals surface area contributed by atoms with Gasteiger partial charge in [-0.25, -0.2) is 0 Å². The summed E-state index contributed by atoms with van der Waals surface area (Å²) in [7, 11) is 1.67. The van der Waals surface area contributed by atoms with Gasteiger partial charge in [-0.3, -0.25) is 9.69 Å². The Morgan fingerprint density at radius 1 is 1.15 bits per heavy atom. The van der Waals surface area contributed by atoms with Crippen molar-refractivity contribution in [2.24, 2.45) is 0 Å². The van der Waals surface area contributed by atoms with Gasteiger partial charge in [-0.1, -0.05) is 30.3 Å². The number of hydrogen-bond donors (Lipinski definition) is 2. The molecule has 0 aromatic heterocycles. The van der Waals surface area contributed by atoms with Gasteiger partial charge < -0.3 is 15.4 Å². The van der Waals surface area contributed by atoms with Gasteiger partial charge in [-0.05, 0) is 31.2 Å². The molecular weight excluding hydrogens is 373 g/mol. The molecule has 2 unspecified atom stereocenters. The minimum atomic E-state index is 0. The van der Waals surface area contributed by atoms with Gasteiger partial charge in [0, 0.05) is 38.3 Å². The van der Waals surface area contributed by atoms with Gasteiger partial charge in [0.1, 0.15) is 0 Å². The Labute approximate surface area is 169 Å². The standard InChI is InChI=1S/C19H29N3O2.2ClH/c1-24-10-9-20-13-19(23)21-16-11-17-7-8-18(12-16)22(17)14-15-5-3-2-4-6-15;;/h2-6,16-18,20H,7-14H2,1H3,(H,21,23);2*1H. The lowest BCUT2D eigenvalue weighted by Gasteiger charge is -2.39. The number of carbonyl (C=O) groups excluding carboxylic acids is 1. The quantitative estimate of drug-likeness (QED) is 0.654. The Bertz CT molecular complexity index is 519. The predicted octanol–water partition coefficient (Wildman–Crippen LogP) is 2.38. The molecule has 1 aromatic rings. The van der Waals surface area contributed by atoms with E-state index >= 15 is 0 Å². The number of halogens is 2. The molecule has 7 heteroatoms. The molecule has 2 aliphatic rings. The number of benzene rings is 1. The van der Waals surface area contributed by atoms with Crippen molar-refractivity contribution in [1.82, 2.24) is 15.5 Å². The van der Waals surface area contributed by atoms with E-state index in [1.165, 1.54) is 18.4 Å². The van der Waals surface area contributed by atoms with Crippen LogP contribution in [0.2, 0.25) is 0 Å². The molecule has 2 N–H and O–H groups in total. The summed E-state index contributed by atoms with van der Waals surface area (Å²) in [4.78, 5) is 14.7. The van der Waals surface area contributed by atoms with E-state index in [1.54, 1.807) is 7.11 Å². The molecule has 0 spiro atoms. The zero-order chi connectivity index (χ0) is 16.8. The van der Waals surface area contributed by atoms with Crippen molar-refractivity contribution in [3.05, 3.63) is 35.9 Å². The van der Waals surface area contributed by atoms with E-state index in [1.807, 2.05) is 0 Å². The van der Waals surface area contributed by atoms with E-state index in [9.17, 15) is 4.79 Å². The maximum atomic E-state index is 12.1. The minimum Gasteiger partial charge on any atom is -0.383 e. The molecule has 2 heterocycles. The van der Waals surface area contributed by atoms with Gasteiger partial charge >= 0.3 is 0 Å². The van der Waals surface area contributed by atoms with Crippen molar-refractivity contribution in [2.45, 2.75) is 50.4 Å². The first-order valence-corrected chi connectivity index (χ1v) is 9.05. The molecule has 148 valence electrons. The summed E-state index contributed by atoms with van der Waals surface area (Å²) < 4.78 is 4.97. The highest BCUT2D eigenvalue weighted by Gasteiger charge is 2.40. The van der Waals surface area contributed by atoms with Crippen LogP contribution in [0.1, 0.15) is 31.2 Å². The fourth-order valence-electron chi connectivity index (χ4n) is 4.10. The second-order valence-corrected chi connectivity index (χ2v) is 6.95. The van der Waals surface area contributed by atoms with E-state index in [-0.39, 0.29) is 30.7 Å². The summed E-state index contributed by atoms with van der Waals surface area (Å²) in [5.74, 6) is 0.104. The number of methoxy groups -OCH3 is 1. The maximum absolute atomic E-state index is 12.1. The van der Waals surface area contributed by atoms with Crippen molar-refractivity contribution < 1.29 is 9.53 Å². The molecule has 2 saturated heterocycles. The normalized spacial score (nSPS) is 24.4. The first kappa shape index (κ1) is 23.2. The molecule has 5 nitrogen and oxygen atoms in total. The van der Waals surface area contributed by atoms with Gasteiger partial charge in [-0.2, -0.15) is 0 Å². The number of piperidine rings is 1. The van der Waals surface area contributed by atoms with Crippen LogP contribution >= 0.6 is 24.8 Å². The predicted molar refractivity (Wildman–Crippen MR) is 109 cm³/mol. The van der Waals surface area contributed by atoms with Gasteiger partial charge in [0.05, 0.1) is 13.2 Å². The highest BCUT2D eigenvalue weighted by atomic mass is 35.5. The van der Waals surface area contributed by atoms with Crippen molar-refractivity contribution in [3.63, 3.8) is 0 Å². The summed E-state index contributed by atoms with van der Waals surface area (Å²) >= 11 is 0. The molecular formula is C19H31Cl2N3O2. The van der Waals surface area contributed by atoms with Crippen molar-refractivity contribution in [1.29, 1.82) is 0 Å². The molecule has 0 saturated carbocycles. The van der Waals surface area contributed by atoms with Gasteiger partial charge in [-0.15, -0.1) is 24.8 Å². The van der Waals surface area contributed by atoms with Crippen LogP contribution in [-0.2, 0) is 16.1 Å². The van der Waals surface area contributed by atoms with Crippen LogP contribution in [0.15, 0.2) is 30.3 Å². The molecule has 2 bridgehead atoms. The lowest BCUT2D eigenvalue weighted by Crippen LogP contribution is -2.51. The van der Waals surface area contributed by atoms with Crippen LogP contribution in [0.4, 0.5) is 0 Å². The molecule has 26 heavy (non-hydrogen) atoms. The fourth-order valence-corrected chi connectivity index (χ4v) is 4.10. The van der Waals surface area contributed by atoms with Crippen LogP contribution in [0.5, 0.6) is 0 Å². The van der Waals surface area contributed by atoms with Crippen LogP contribution in [0.3, 0.4) is 0 Å². The molecule has 0 radical (unpaired) electrons. The molecule has 0 aliphatic carbocycles. The Morgan fingerprint density at radius 3 is 2.42 bits per heavy atom. The molecule has 2 atom stereocenters. The minimum absolute atomic E-state index is 0. The van der Waals surface area contributed by atoms with Gasteiger partial charge in [0.2, 0.25) is 5.91 Å². The van der Waals surface area contributed by atoms with Crippen molar-refractivity contribution >= 4 is 30.7 Å². The largest absolute Gasteiger partial charge is 0.383 e. The lowest BCUT2D eigenvalue weighted by atomic mass is 9.96. The second kappa shape index (κ2) is 11.8. The number of rotatable bonds is 8. The Kier molecular flexibility index (Phi) is 10.5. The topological polar surface area (TPSA) is 53.6 Å². The number of amides is 1. The van der Waals surface area contributed by atoms with E-state index in [4.69, 9.17) is 4.74 Å². The highest BCUT2D eigenvalue weighted by molar-refractivity contribution is 5.85. The van der Waals surface area contributed by atoms with E-state index < -0.39 is 0 Å². The summed E-state index contributed by atoms with van der Waals surface area (Å²) in [5, 5.41) is 6.32. The number of nitrogens with zero attached hydrogens (tertiary/aromatic N) is 1. The highest BCUT2D eigenvalue weighted by Crippen LogP contribution is 2.36. The van der Waals surface area contributed by atoms with Crippen LogP contribution in [0, 0.1) is 0 Å². The third-order valence-corrected chi connectivity index (χ3v) is 5.23. The Morgan fingerprint density at radius 2 is 1.81 bits per heavy atom. The first-order valence-electron chi connectivity index (χ1n) is 9.05. The summed E-state index contributed by atoms with van der Waals surface area (Å²) in [6, 6.07) is 12.2. The van der Waals surface area contributed by atoms with Crippen LogP contribution < -0.4 is 10.6 Å². The molecule has 2 aliphatic heterocycles. The number of carbonyl (C=O) groups is 1. The van der Waals surface area contributed by atoms with Crippen LogP contribution in [-0.4, -0.2) is 55.7 Å². The summed E-state index contributed by atoms with van der Waals surface area (Å²) in [5.41, 5.74) is 1.39. The van der Waals surface area contributed by atoms with Crippen LogP contribution in [0.25, 0.3) is 0 Å². The number of fused-ring (bicyclic) bond motifs is 2. The second-order valence-electron chi connectivity index (χ2n) is 6.95. The maximum Gasteiger partial charge on any atom is 0.234 e. The third-order valence-electron chi connectivity index (χ3n) is 5.23. The SMILES string of the molecule is COCCNCC(=O)NC1CC2CCC(C1)N2Cc1ccccc1.Cl.Cl. The summed E-state index contributed by atoms with van der Waals surface area (Å²) in [6.45, 7) is 2.76. The average molecular weight is 404 g/mol. The van der Waals surface area contributed by atoms with Crippen molar-refractivity contribution in [2.75, 3.05) is 26.8 Å². The average Bonchev–Trinajstić information content (AvgIpc) is 2.82. The van der Waals surface area contributed by atoms with E-state index in [0.29, 0.717) is 37.8 Å². The zero-order valence-corrected chi connectivity index (χ0v) is 17.0. The first-order chi connectivity index (χ1) is 11.8.